The molecule has 0 fully saturated rings. The van der Waals surface area contributed by atoms with Crippen LogP contribution in [0, 0.1) is 0 Å². The van der Waals surface area contributed by atoms with Gasteiger partial charge >= 0.3 is 5.97 Å². The average molecular weight is 256 g/mol. The molecule has 1 heterocycles. The summed E-state index contributed by atoms with van der Waals surface area (Å²) in [5, 5.41) is 5.62. The summed E-state index contributed by atoms with van der Waals surface area (Å²) in [5.74, 6) is -0.308. The first-order chi connectivity index (χ1) is 9.20. The number of hydrogen-bond donors (Lipinski definition) is 0. The van der Waals surface area contributed by atoms with Gasteiger partial charge in [0, 0.05) is 12.4 Å². The fraction of sp³-hybridized carbons (Fsp3) is 0.333. The summed E-state index contributed by atoms with van der Waals surface area (Å²) in [6.45, 7) is 0. The number of allylic oxidation sites excluding steroid dienone is 2. The maximum atomic E-state index is 11.6. The van der Waals surface area contributed by atoms with Crippen LogP contribution in [0.2, 0.25) is 0 Å². The Hall–Kier alpha value is -2.10. The predicted molar refractivity (Wildman–Crippen MR) is 73.9 cm³/mol. The van der Waals surface area contributed by atoms with Gasteiger partial charge in [-0.3, -0.25) is 4.68 Å². The molecule has 3 rings (SSSR count). The quantitative estimate of drug-likeness (QED) is 0.776. The summed E-state index contributed by atoms with van der Waals surface area (Å²) in [4.78, 5) is 11.6. The normalized spacial score (nSPS) is 14.7. The molecule has 0 spiro atoms. The van der Waals surface area contributed by atoms with Gasteiger partial charge in [0.25, 0.3) is 0 Å². The number of benzene rings is 1. The van der Waals surface area contributed by atoms with Crippen LogP contribution in [0.15, 0.2) is 24.3 Å². The van der Waals surface area contributed by atoms with E-state index in [1.54, 1.807) is 6.07 Å². The molecule has 0 aliphatic heterocycles. The van der Waals surface area contributed by atoms with Gasteiger partial charge in [-0.25, -0.2) is 4.79 Å². The molecule has 4 nitrogen and oxygen atoms in total. The van der Waals surface area contributed by atoms with Crippen LogP contribution >= 0.6 is 0 Å². The van der Waals surface area contributed by atoms with Crippen LogP contribution < -0.4 is 0 Å². The molecule has 1 aliphatic carbocycles. The summed E-state index contributed by atoms with van der Waals surface area (Å²) in [7, 11) is 3.33. The van der Waals surface area contributed by atoms with Crippen LogP contribution in [-0.2, 0) is 11.8 Å². The molecule has 1 aliphatic rings. The number of ether oxygens (including phenoxy) is 1. The van der Waals surface area contributed by atoms with Crippen molar-refractivity contribution < 1.29 is 9.53 Å². The molecule has 0 saturated carbocycles. The number of rotatable bonds is 2. The Balaban J connectivity index is 2.19. The maximum absolute atomic E-state index is 11.6. The van der Waals surface area contributed by atoms with Gasteiger partial charge in [-0.15, -0.1) is 0 Å². The van der Waals surface area contributed by atoms with Crippen LogP contribution in [0.5, 0.6) is 0 Å². The molecule has 0 atom stereocenters. The second-order valence-electron chi connectivity index (χ2n) is 4.82. The minimum atomic E-state index is -0.308. The molecular weight excluding hydrogens is 240 g/mol. The Morgan fingerprint density at radius 1 is 1.42 bits per heavy atom. The lowest BCUT2D eigenvalue weighted by molar-refractivity contribution is 0.0601. The molecule has 1 aromatic carbocycles. The minimum Gasteiger partial charge on any atom is -0.465 e. The van der Waals surface area contributed by atoms with Crippen LogP contribution in [0.4, 0.5) is 0 Å². The average Bonchev–Trinajstić information content (AvgIpc) is 3.06. The molecule has 19 heavy (non-hydrogen) atoms. The first-order valence-electron chi connectivity index (χ1n) is 6.45. The second-order valence-corrected chi connectivity index (χ2v) is 4.82. The van der Waals surface area contributed by atoms with Gasteiger partial charge in [-0.1, -0.05) is 6.08 Å². The molecule has 0 bridgehead atoms. The van der Waals surface area contributed by atoms with E-state index < -0.39 is 0 Å². The molecular formula is C15H16N2O2. The zero-order chi connectivity index (χ0) is 13.4. The van der Waals surface area contributed by atoms with Crippen LogP contribution in [0.3, 0.4) is 0 Å². The number of carbonyl (C=O) groups excluding carboxylic acids is 1. The number of fused-ring (bicyclic) bond motifs is 1. The highest BCUT2D eigenvalue weighted by Gasteiger charge is 2.17. The number of methoxy groups -OCH3 is 1. The number of esters is 1. The minimum absolute atomic E-state index is 0.308. The molecule has 0 unspecified atom stereocenters. The highest BCUT2D eigenvalue weighted by Crippen LogP contribution is 2.32. The van der Waals surface area contributed by atoms with Gasteiger partial charge < -0.3 is 4.74 Å². The lowest BCUT2D eigenvalue weighted by atomic mass is 10.1. The standard InChI is InChI=1S/C15H16N2O2/c1-17-13-8-7-11(15(18)19-2)9-12(13)14(16-17)10-5-3-4-6-10/h5,7-9H,3-4,6H2,1-2H3. The fourth-order valence-electron chi connectivity index (χ4n) is 2.63. The Morgan fingerprint density at radius 3 is 2.95 bits per heavy atom. The highest BCUT2D eigenvalue weighted by atomic mass is 16.5. The van der Waals surface area contributed by atoms with E-state index in [2.05, 4.69) is 11.2 Å². The largest absolute Gasteiger partial charge is 0.465 e. The summed E-state index contributed by atoms with van der Waals surface area (Å²) in [5.41, 5.74) is 3.90. The molecule has 0 radical (unpaired) electrons. The van der Waals surface area contributed by atoms with E-state index in [1.165, 1.54) is 19.1 Å². The van der Waals surface area contributed by atoms with Gasteiger partial charge in [0.2, 0.25) is 0 Å². The zero-order valence-electron chi connectivity index (χ0n) is 11.1. The number of hydrogen-bond acceptors (Lipinski definition) is 3. The Bertz CT molecular complexity index is 683. The van der Waals surface area contributed by atoms with Crippen molar-refractivity contribution in [2.45, 2.75) is 19.3 Å². The molecule has 98 valence electrons. The fourth-order valence-corrected chi connectivity index (χ4v) is 2.63. The lowest BCUT2D eigenvalue weighted by Crippen LogP contribution is -2.00. The van der Waals surface area contributed by atoms with Crippen molar-refractivity contribution in [1.82, 2.24) is 9.78 Å². The van der Waals surface area contributed by atoms with Crippen LogP contribution in [0.25, 0.3) is 16.5 Å². The number of aromatic nitrogens is 2. The summed E-state index contributed by atoms with van der Waals surface area (Å²) >= 11 is 0. The van der Waals surface area contributed by atoms with Gasteiger partial charge in [0.1, 0.15) is 0 Å². The Kier molecular flexibility index (Phi) is 2.85. The Morgan fingerprint density at radius 2 is 2.26 bits per heavy atom. The van der Waals surface area contributed by atoms with Gasteiger partial charge in [0.15, 0.2) is 0 Å². The van der Waals surface area contributed by atoms with Crippen molar-refractivity contribution in [1.29, 1.82) is 0 Å². The monoisotopic (exact) mass is 256 g/mol. The van der Waals surface area contributed by atoms with Crippen molar-refractivity contribution in [3.8, 4) is 0 Å². The van der Waals surface area contributed by atoms with Gasteiger partial charge in [0.05, 0.1) is 23.9 Å². The Labute approximate surface area is 111 Å². The molecule has 2 aromatic rings. The molecule has 0 amide bonds. The van der Waals surface area contributed by atoms with Crippen molar-refractivity contribution >= 4 is 22.4 Å². The van der Waals surface area contributed by atoms with Crippen molar-refractivity contribution in [3.63, 3.8) is 0 Å². The number of nitrogens with zero attached hydrogens (tertiary/aromatic N) is 2. The predicted octanol–water partition coefficient (Wildman–Crippen LogP) is 2.93. The zero-order valence-corrected chi connectivity index (χ0v) is 11.1. The van der Waals surface area contributed by atoms with E-state index in [9.17, 15) is 4.79 Å². The van der Waals surface area contributed by atoms with E-state index in [-0.39, 0.29) is 5.97 Å². The second kappa shape index (κ2) is 4.53. The molecule has 0 saturated heterocycles. The summed E-state index contributed by atoms with van der Waals surface area (Å²) < 4.78 is 6.64. The number of aryl methyl sites for hydroxylation is 1. The first kappa shape index (κ1) is 12.0. The maximum Gasteiger partial charge on any atom is 0.337 e. The van der Waals surface area contributed by atoms with Crippen molar-refractivity contribution in [3.05, 3.63) is 35.5 Å². The van der Waals surface area contributed by atoms with Gasteiger partial charge in [-0.2, -0.15) is 5.10 Å². The summed E-state index contributed by atoms with van der Waals surface area (Å²) in [6, 6.07) is 5.58. The summed E-state index contributed by atoms with van der Waals surface area (Å²) in [6.07, 6.45) is 5.61. The third-order valence-electron chi connectivity index (χ3n) is 3.62. The van der Waals surface area contributed by atoms with Crippen molar-refractivity contribution in [2.24, 2.45) is 7.05 Å². The van der Waals surface area contributed by atoms with E-state index in [0.717, 1.165) is 29.4 Å². The van der Waals surface area contributed by atoms with E-state index in [4.69, 9.17) is 4.74 Å². The highest BCUT2D eigenvalue weighted by molar-refractivity contribution is 5.98. The molecule has 4 heteroatoms. The first-order valence-corrected chi connectivity index (χ1v) is 6.45. The van der Waals surface area contributed by atoms with Crippen LogP contribution in [-0.4, -0.2) is 22.9 Å². The van der Waals surface area contributed by atoms with E-state index in [1.807, 2.05) is 23.9 Å². The molecule has 0 N–H and O–H groups in total. The lowest BCUT2D eigenvalue weighted by Gasteiger charge is -2.01. The SMILES string of the molecule is COC(=O)c1ccc2c(c1)c(C1=CCCC1)nn2C. The third-order valence-corrected chi connectivity index (χ3v) is 3.62. The smallest absolute Gasteiger partial charge is 0.337 e. The third kappa shape index (κ3) is 1.93. The van der Waals surface area contributed by atoms with E-state index >= 15 is 0 Å². The van der Waals surface area contributed by atoms with Gasteiger partial charge in [-0.05, 0) is 43.0 Å². The molecule has 1 aromatic heterocycles. The van der Waals surface area contributed by atoms with E-state index in [0.29, 0.717) is 5.56 Å². The number of carbonyl (C=O) groups is 1. The van der Waals surface area contributed by atoms with Crippen molar-refractivity contribution in [2.75, 3.05) is 7.11 Å². The topological polar surface area (TPSA) is 44.1 Å². The van der Waals surface area contributed by atoms with Crippen LogP contribution in [0.1, 0.15) is 35.3 Å².